The summed E-state index contributed by atoms with van der Waals surface area (Å²) in [6.07, 6.45) is 1.71. The fourth-order valence-corrected chi connectivity index (χ4v) is 3.92. The van der Waals surface area contributed by atoms with Crippen molar-refractivity contribution in [3.05, 3.63) is 71.3 Å². The van der Waals surface area contributed by atoms with Crippen molar-refractivity contribution in [1.29, 1.82) is 0 Å². The van der Waals surface area contributed by atoms with Gasteiger partial charge in [0.2, 0.25) is 5.91 Å². The zero-order valence-electron chi connectivity index (χ0n) is 15.3. The van der Waals surface area contributed by atoms with Crippen LogP contribution in [0.1, 0.15) is 28.8 Å². The molecule has 7 heteroatoms. The zero-order chi connectivity index (χ0) is 19.7. The Hall–Kier alpha value is -2.80. The highest BCUT2D eigenvalue weighted by Crippen LogP contribution is 2.26. The minimum Gasteiger partial charge on any atom is -0.338 e. The first-order valence-corrected chi connectivity index (χ1v) is 9.34. The lowest BCUT2D eigenvalue weighted by Gasteiger charge is -2.39. The number of hydrogen-bond donors (Lipinski definition) is 2. The standard InChI is InChI=1S/C21H21F2N3O2/c22-16-7-6-15(13-17(16)23)20(28)26-10-8-21(9-11-26)24-18(19(27)25-21)12-14-4-2-1-3-5-14/h1-7,13,18,24H,8-12H2,(H,25,27). The molecule has 1 spiro atoms. The molecule has 2 aliphatic heterocycles. The summed E-state index contributed by atoms with van der Waals surface area (Å²) in [5.74, 6) is -2.38. The molecule has 5 nitrogen and oxygen atoms in total. The third-order valence-corrected chi connectivity index (χ3v) is 5.48. The summed E-state index contributed by atoms with van der Waals surface area (Å²) >= 11 is 0. The highest BCUT2D eigenvalue weighted by atomic mass is 19.2. The highest BCUT2D eigenvalue weighted by molar-refractivity contribution is 5.94. The second-order valence-corrected chi connectivity index (χ2v) is 7.38. The van der Waals surface area contributed by atoms with Gasteiger partial charge >= 0.3 is 0 Å². The predicted molar refractivity (Wildman–Crippen MR) is 99.4 cm³/mol. The maximum absolute atomic E-state index is 13.4. The monoisotopic (exact) mass is 385 g/mol. The molecule has 2 heterocycles. The highest BCUT2D eigenvalue weighted by Gasteiger charge is 2.45. The average molecular weight is 385 g/mol. The predicted octanol–water partition coefficient (Wildman–Crippen LogP) is 2.23. The number of nitrogens with zero attached hydrogens (tertiary/aromatic N) is 1. The topological polar surface area (TPSA) is 61.4 Å². The van der Waals surface area contributed by atoms with E-state index in [0.717, 1.165) is 17.7 Å². The van der Waals surface area contributed by atoms with Gasteiger partial charge in [0.15, 0.2) is 11.6 Å². The van der Waals surface area contributed by atoms with Crippen LogP contribution in [0.2, 0.25) is 0 Å². The minimum absolute atomic E-state index is 0.0377. The number of hydrogen-bond acceptors (Lipinski definition) is 3. The third kappa shape index (κ3) is 3.62. The van der Waals surface area contributed by atoms with Crippen LogP contribution in [0, 0.1) is 11.6 Å². The first-order valence-electron chi connectivity index (χ1n) is 9.34. The van der Waals surface area contributed by atoms with Crippen molar-refractivity contribution >= 4 is 11.8 Å². The van der Waals surface area contributed by atoms with E-state index in [9.17, 15) is 18.4 Å². The first kappa shape index (κ1) is 18.6. The average Bonchev–Trinajstić information content (AvgIpc) is 2.99. The van der Waals surface area contributed by atoms with Crippen LogP contribution in [0.15, 0.2) is 48.5 Å². The van der Waals surface area contributed by atoms with Crippen molar-refractivity contribution in [3.8, 4) is 0 Å². The van der Waals surface area contributed by atoms with Gasteiger partial charge < -0.3 is 10.2 Å². The quantitative estimate of drug-likeness (QED) is 0.852. The summed E-state index contributed by atoms with van der Waals surface area (Å²) in [5.41, 5.74) is 0.680. The summed E-state index contributed by atoms with van der Waals surface area (Å²) in [5, 5.41) is 6.47. The lowest BCUT2D eigenvalue weighted by atomic mass is 9.96. The molecule has 4 rings (SSSR count). The Morgan fingerprint density at radius 2 is 1.79 bits per heavy atom. The molecule has 1 atom stereocenters. The molecule has 0 aliphatic carbocycles. The maximum atomic E-state index is 13.4. The number of nitrogens with one attached hydrogen (secondary N) is 2. The number of halogens is 2. The van der Waals surface area contributed by atoms with Gasteiger partial charge in [-0.05, 0) is 30.2 Å². The van der Waals surface area contributed by atoms with E-state index >= 15 is 0 Å². The van der Waals surface area contributed by atoms with Gasteiger partial charge in [0.1, 0.15) is 0 Å². The van der Waals surface area contributed by atoms with Gasteiger partial charge in [0.25, 0.3) is 5.91 Å². The molecule has 2 saturated heterocycles. The van der Waals surface area contributed by atoms with Crippen molar-refractivity contribution in [3.63, 3.8) is 0 Å². The number of likely N-dealkylation sites (tertiary alicyclic amines) is 1. The van der Waals surface area contributed by atoms with Crippen molar-refractivity contribution in [2.45, 2.75) is 31.0 Å². The van der Waals surface area contributed by atoms with E-state index in [-0.39, 0.29) is 23.4 Å². The summed E-state index contributed by atoms with van der Waals surface area (Å²) in [7, 11) is 0. The minimum atomic E-state index is -1.03. The van der Waals surface area contributed by atoms with Gasteiger partial charge in [-0.3, -0.25) is 14.9 Å². The summed E-state index contributed by atoms with van der Waals surface area (Å²) in [6, 6.07) is 12.7. The van der Waals surface area contributed by atoms with E-state index in [0.29, 0.717) is 32.4 Å². The summed E-state index contributed by atoms with van der Waals surface area (Å²) < 4.78 is 26.5. The molecule has 0 saturated carbocycles. The Kier molecular flexibility index (Phi) is 4.85. The molecule has 2 aromatic rings. The number of carbonyl (C=O) groups is 2. The Morgan fingerprint density at radius 1 is 1.07 bits per heavy atom. The maximum Gasteiger partial charge on any atom is 0.253 e. The molecule has 2 fully saturated rings. The SMILES string of the molecule is O=C1NC2(CCN(C(=O)c3ccc(F)c(F)c3)CC2)NC1Cc1ccccc1. The van der Waals surface area contributed by atoms with E-state index in [2.05, 4.69) is 10.6 Å². The number of benzene rings is 2. The third-order valence-electron chi connectivity index (χ3n) is 5.48. The number of amides is 2. The fraction of sp³-hybridized carbons (Fsp3) is 0.333. The lowest BCUT2D eigenvalue weighted by Crippen LogP contribution is -2.58. The Balaban J connectivity index is 1.39. The molecular weight excluding hydrogens is 364 g/mol. The number of piperidine rings is 1. The second-order valence-electron chi connectivity index (χ2n) is 7.38. The van der Waals surface area contributed by atoms with Gasteiger partial charge in [0.05, 0.1) is 11.7 Å². The Morgan fingerprint density at radius 3 is 2.46 bits per heavy atom. The van der Waals surface area contributed by atoms with Crippen molar-refractivity contribution in [1.82, 2.24) is 15.5 Å². The molecule has 2 aromatic carbocycles. The Labute approximate surface area is 161 Å². The van der Waals surface area contributed by atoms with E-state index in [1.165, 1.54) is 6.07 Å². The summed E-state index contributed by atoms with van der Waals surface area (Å²) in [6.45, 7) is 0.840. The number of carbonyl (C=O) groups excluding carboxylic acids is 2. The van der Waals surface area contributed by atoms with Crippen molar-refractivity contribution < 1.29 is 18.4 Å². The van der Waals surface area contributed by atoms with Crippen LogP contribution >= 0.6 is 0 Å². The molecule has 0 radical (unpaired) electrons. The van der Waals surface area contributed by atoms with Crippen LogP contribution in [0.3, 0.4) is 0 Å². The van der Waals surface area contributed by atoms with Crippen LogP contribution in [-0.4, -0.2) is 41.5 Å². The molecule has 1 unspecified atom stereocenters. The van der Waals surface area contributed by atoms with Crippen LogP contribution < -0.4 is 10.6 Å². The van der Waals surface area contributed by atoms with Crippen molar-refractivity contribution in [2.24, 2.45) is 0 Å². The summed E-state index contributed by atoms with van der Waals surface area (Å²) in [4.78, 5) is 26.6. The normalized spacial score (nSPS) is 21.0. The Bertz CT molecular complexity index is 896. The van der Waals surface area contributed by atoms with E-state index < -0.39 is 17.3 Å². The largest absolute Gasteiger partial charge is 0.338 e. The van der Waals surface area contributed by atoms with E-state index in [4.69, 9.17) is 0 Å². The molecular formula is C21H21F2N3O2. The molecule has 2 amide bonds. The molecule has 2 N–H and O–H groups in total. The van der Waals surface area contributed by atoms with Crippen molar-refractivity contribution in [2.75, 3.05) is 13.1 Å². The molecule has 2 aliphatic rings. The fourth-order valence-electron chi connectivity index (χ4n) is 3.92. The van der Waals surface area contributed by atoms with Gasteiger partial charge in [-0.15, -0.1) is 0 Å². The lowest BCUT2D eigenvalue weighted by molar-refractivity contribution is -0.121. The van der Waals surface area contributed by atoms with Crippen LogP contribution in [-0.2, 0) is 11.2 Å². The van der Waals surface area contributed by atoms with E-state index in [1.54, 1.807) is 4.90 Å². The van der Waals surface area contributed by atoms with Crippen LogP contribution in [0.4, 0.5) is 8.78 Å². The molecule has 0 aromatic heterocycles. The zero-order valence-corrected chi connectivity index (χ0v) is 15.3. The van der Waals surface area contributed by atoms with Gasteiger partial charge in [-0.25, -0.2) is 8.78 Å². The van der Waals surface area contributed by atoms with Crippen LogP contribution in [0.25, 0.3) is 0 Å². The second kappa shape index (κ2) is 7.31. The van der Waals surface area contributed by atoms with Gasteiger partial charge in [0, 0.05) is 31.5 Å². The molecule has 146 valence electrons. The molecule has 0 bridgehead atoms. The molecule has 28 heavy (non-hydrogen) atoms. The van der Waals surface area contributed by atoms with Crippen LogP contribution in [0.5, 0.6) is 0 Å². The smallest absolute Gasteiger partial charge is 0.253 e. The van der Waals surface area contributed by atoms with Gasteiger partial charge in [-0.2, -0.15) is 0 Å². The number of rotatable bonds is 3. The van der Waals surface area contributed by atoms with E-state index in [1.807, 2.05) is 30.3 Å². The van der Waals surface area contributed by atoms with Gasteiger partial charge in [-0.1, -0.05) is 30.3 Å². The first-order chi connectivity index (χ1) is 13.5.